The van der Waals surface area contributed by atoms with Gasteiger partial charge in [0.15, 0.2) is 6.61 Å². The highest BCUT2D eigenvalue weighted by Gasteiger charge is 2.18. The molecule has 2 rings (SSSR count). The number of para-hydroxylation sites is 1. The molecule has 8 nitrogen and oxygen atoms in total. The van der Waals surface area contributed by atoms with Crippen molar-refractivity contribution in [3.8, 4) is 5.75 Å². The summed E-state index contributed by atoms with van der Waals surface area (Å²) in [6, 6.07) is 10.8. The molecule has 29 heavy (non-hydrogen) atoms. The third-order valence-electron chi connectivity index (χ3n) is 3.64. The number of carbonyl (C=O) groups is 2. The van der Waals surface area contributed by atoms with Crippen LogP contribution in [0.4, 0.5) is 0 Å². The molecule has 0 heterocycles. The number of esters is 1. The van der Waals surface area contributed by atoms with E-state index in [0.29, 0.717) is 5.75 Å². The number of sulfonamides is 1. The van der Waals surface area contributed by atoms with E-state index >= 15 is 0 Å². The average molecular weight is 461 g/mol. The molecule has 2 aromatic rings. The first kappa shape index (κ1) is 23.0. The number of ether oxygens (including phenoxy) is 2. The van der Waals surface area contributed by atoms with E-state index in [4.69, 9.17) is 32.7 Å². The van der Waals surface area contributed by atoms with Crippen molar-refractivity contribution >= 4 is 45.1 Å². The van der Waals surface area contributed by atoms with E-state index in [2.05, 4.69) is 10.0 Å². The summed E-state index contributed by atoms with van der Waals surface area (Å²) in [5.41, 5.74) is 0.754. The van der Waals surface area contributed by atoms with Gasteiger partial charge >= 0.3 is 5.97 Å². The molecule has 2 N–H and O–H groups in total. The van der Waals surface area contributed by atoms with Gasteiger partial charge in [0, 0.05) is 12.1 Å². The smallest absolute Gasteiger partial charge is 0.321 e. The van der Waals surface area contributed by atoms with Crippen molar-refractivity contribution < 1.29 is 27.5 Å². The van der Waals surface area contributed by atoms with Crippen LogP contribution in [0.15, 0.2) is 47.4 Å². The summed E-state index contributed by atoms with van der Waals surface area (Å²) in [6.07, 6.45) is 0. The molecular weight excluding hydrogens is 443 g/mol. The van der Waals surface area contributed by atoms with Crippen LogP contribution in [0.3, 0.4) is 0 Å². The summed E-state index contributed by atoms with van der Waals surface area (Å²) in [6.45, 7) is -1.02. The number of carbonyl (C=O) groups excluding carboxylic acids is 2. The number of hydrogen-bond acceptors (Lipinski definition) is 6. The Morgan fingerprint density at radius 3 is 2.48 bits per heavy atom. The quantitative estimate of drug-likeness (QED) is 0.554. The number of rotatable bonds is 9. The Morgan fingerprint density at radius 2 is 1.79 bits per heavy atom. The monoisotopic (exact) mass is 460 g/mol. The number of methoxy groups -OCH3 is 1. The van der Waals surface area contributed by atoms with E-state index in [1.54, 1.807) is 24.3 Å². The highest BCUT2D eigenvalue weighted by Crippen LogP contribution is 2.24. The van der Waals surface area contributed by atoms with Gasteiger partial charge in [0.1, 0.15) is 12.3 Å². The zero-order valence-corrected chi connectivity index (χ0v) is 17.6. The van der Waals surface area contributed by atoms with Gasteiger partial charge in [-0.05, 0) is 24.3 Å². The topological polar surface area (TPSA) is 111 Å². The second-order valence-corrected chi connectivity index (χ2v) is 8.23. The van der Waals surface area contributed by atoms with Gasteiger partial charge in [-0.15, -0.1) is 0 Å². The van der Waals surface area contributed by atoms with Crippen molar-refractivity contribution in [2.45, 2.75) is 11.4 Å². The molecule has 0 fully saturated rings. The lowest BCUT2D eigenvalue weighted by Crippen LogP contribution is -2.33. The summed E-state index contributed by atoms with van der Waals surface area (Å²) in [5, 5.41) is 2.83. The fourth-order valence-electron chi connectivity index (χ4n) is 2.17. The van der Waals surface area contributed by atoms with E-state index in [9.17, 15) is 18.0 Å². The summed E-state index contributed by atoms with van der Waals surface area (Å²) >= 11 is 11.5. The molecule has 0 saturated heterocycles. The van der Waals surface area contributed by atoms with Crippen LogP contribution in [0.2, 0.25) is 10.0 Å². The van der Waals surface area contributed by atoms with E-state index < -0.39 is 35.1 Å². The predicted molar refractivity (Wildman–Crippen MR) is 107 cm³/mol. The van der Waals surface area contributed by atoms with Crippen LogP contribution in [-0.4, -0.2) is 40.6 Å². The van der Waals surface area contributed by atoms with Crippen LogP contribution in [0.5, 0.6) is 5.75 Å². The normalized spacial score (nSPS) is 11.0. The highest BCUT2D eigenvalue weighted by atomic mass is 35.5. The maximum atomic E-state index is 12.1. The van der Waals surface area contributed by atoms with Gasteiger partial charge in [0.05, 0.1) is 22.1 Å². The Balaban J connectivity index is 1.78. The second-order valence-electron chi connectivity index (χ2n) is 5.65. The van der Waals surface area contributed by atoms with Crippen LogP contribution in [0, 0.1) is 0 Å². The zero-order valence-electron chi connectivity index (χ0n) is 15.3. The molecule has 1 amide bonds. The minimum Gasteiger partial charge on any atom is -0.496 e. The van der Waals surface area contributed by atoms with Gasteiger partial charge in [0.2, 0.25) is 10.0 Å². The Labute approximate surface area is 178 Å². The van der Waals surface area contributed by atoms with Gasteiger partial charge in [-0.1, -0.05) is 41.4 Å². The minimum absolute atomic E-state index is 0.0591. The van der Waals surface area contributed by atoms with Gasteiger partial charge in [0.25, 0.3) is 5.91 Å². The number of hydrogen-bond donors (Lipinski definition) is 2. The van der Waals surface area contributed by atoms with Crippen molar-refractivity contribution in [3.05, 3.63) is 58.1 Å². The molecule has 0 atom stereocenters. The van der Waals surface area contributed by atoms with E-state index in [1.165, 1.54) is 19.2 Å². The number of amides is 1. The lowest BCUT2D eigenvalue weighted by atomic mass is 10.2. The van der Waals surface area contributed by atoms with Crippen molar-refractivity contribution in [1.82, 2.24) is 10.0 Å². The Kier molecular flexibility index (Phi) is 8.27. The maximum absolute atomic E-state index is 12.1. The highest BCUT2D eigenvalue weighted by molar-refractivity contribution is 7.89. The molecule has 0 saturated carbocycles. The molecule has 0 radical (unpaired) electrons. The lowest BCUT2D eigenvalue weighted by molar-refractivity contribution is -0.147. The van der Waals surface area contributed by atoms with Gasteiger partial charge in [-0.2, -0.15) is 4.72 Å². The van der Waals surface area contributed by atoms with Crippen molar-refractivity contribution in [2.24, 2.45) is 0 Å². The molecule has 156 valence electrons. The molecule has 11 heteroatoms. The Bertz CT molecular complexity index is 998. The number of nitrogens with one attached hydrogen (secondary N) is 2. The van der Waals surface area contributed by atoms with E-state index in [-0.39, 0.29) is 21.5 Å². The molecule has 0 aromatic heterocycles. The Morgan fingerprint density at radius 1 is 1.07 bits per heavy atom. The SMILES string of the molecule is COc1ccccc1CNC(=O)COC(=O)CNS(=O)(=O)c1ccc(Cl)c(Cl)c1. The molecular formula is C18H18Cl2N2O6S. The van der Waals surface area contributed by atoms with Crippen LogP contribution in [0.25, 0.3) is 0 Å². The van der Waals surface area contributed by atoms with Gasteiger partial charge < -0.3 is 14.8 Å². The molecule has 0 spiro atoms. The minimum atomic E-state index is -4.00. The summed E-state index contributed by atoms with van der Waals surface area (Å²) in [5.74, 6) is -0.848. The predicted octanol–water partition coefficient (Wildman–Crippen LogP) is 2.14. The Hall–Kier alpha value is -2.33. The van der Waals surface area contributed by atoms with Crippen LogP contribution in [0.1, 0.15) is 5.56 Å². The first-order valence-corrected chi connectivity index (χ1v) is 10.5. The molecule has 0 unspecified atom stereocenters. The van der Waals surface area contributed by atoms with E-state index in [1.807, 2.05) is 0 Å². The third-order valence-corrected chi connectivity index (χ3v) is 5.78. The molecule has 0 bridgehead atoms. The van der Waals surface area contributed by atoms with Crippen molar-refractivity contribution in [2.75, 3.05) is 20.3 Å². The number of benzene rings is 2. The van der Waals surface area contributed by atoms with Crippen LogP contribution < -0.4 is 14.8 Å². The van der Waals surface area contributed by atoms with Gasteiger partial charge in [-0.25, -0.2) is 8.42 Å². The summed E-state index contributed by atoms with van der Waals surface area (Å²) in [4.78, 5) is 23.4. The van der Waals surface area contributed by atoms with Crippen LogP contribution >= 0.6 is 23.2 Å². The summed E-state index contributed by atoms with van der Waals surface area (Å²) < 4.78 is 36.3. The van der Waals surface area contributed by atoms with Gasteiger partial charge in [-0.3, -0.25) is 9.59 Å². The van der Waals surface area contributed by atoms with Crippen molar-refractivity contribution in [1.29, 1.82) is 0 Å². The maximum Gasteiger partial charge on any atom is 0.321 e. The first-order chi connectivity index (χ1) is 13.7. The molecule has 0 aliphatic rings. The molecule has 0 aliphatic heterocycles. The fraction of sp³-hybridized carbons (Fsp3) is 0.222. The number of halogens is 2. The van der Waals surface area contributed by atoms with Crippen molar-refractivity contribution in [3.63, 3.8) is 0 Å². The summed E-state index contributed by atoms with van der Waals surface area (Å²) in [7, 11) is -2.48. The third kappa shape index (κ3) is 6.90. The van der Waals surface area contributed by atoms with E-state index in [0.717, 1.165) is 11.6 Å². The molecule has 2 aromatic carbocycles. The lowest BCUT2D eigenvalue weighted by Gasteiger charge is -2.10. The second kappa shape index (κ2) is 10.4. The molecule has 0 aliphatic carbocycles. The first-order valence-electron chi connectivity index (χ1n) is 8.22. The average Bonchev–Trinajstić information content (AvgIpc) is 2.71. The van der Waals surface area contributed by atoms with Crippen LogP contribution in [-0.2, 0) is 30.9 Å². The fourth-order valence-corrected chi connectivity index (χ4v) is 3.53. The standard InChI is InChI=1S/C18H18Cl2N2O6S/c1-27-16-5-3-2-4-12(16)9-21-17(23)11-28-18(24)10-22-29(25,26)13-6-7-14(19)15(20)8-13/h2-8,22H,9-11H2,1H3,(H,21,23). The largest absolute Gasteiger partial charge is 0.496 e. The zero-order chi connectivity index (χ0) is 21.4.